The Balaban J connectivity index is 1.98. The first-order valence-electron chi connectivity index (χ1n) is 6.09. The number of aryl methyl sites for hydroxylation is 1. The number of hydrogen-bond acceptors (Lipinski definition) is 2. The van der Waals surface area contributed by atoms with Crippen LogP contribution in [0.15, 0.2) is 36.5 Å². The molecule has 19 heavy (non-hydrogen) atoms. The largest absolute Gasteiger partial charge is 0.293 e. The molecular weight excluding hydrogens is 248 g/mol. The lowest BCUT2D eigenvalue weighted by atomic mass is 9.95. The van der Waals surface area contributed by atoms with Crippen molar-refractivity contribution >= 4 is 5.78 Å². The first-order valence-corrected chi connectivity index (χ1v) is 6.09. The summed E-state index contributed by atoms with van der Waals surface area (Å²) in [7, 11) is 0. The van der Waals surface area contributed by atoms with E-state index in [9.17, 15) is 13.6 Å². The number of benzene rings is 1. The van der Waals surface area contributed by atoms with Crippen LogP contribution < -0.4 is 0 Å². The van der Waals surface area contributed by atoms with Crippen LogP contribution in [0.3, 0.4) is 0 Å². The zero-order valence-corrected chi connectivity index (χ0v) is 10.1. The number of rotatable bonds is 2. The number of fused-ring (bicyclic) bond motifs is 1. The van der Waals surface area contributed by atoms with Crippen LogP contribution in [-0.2, 0) is 6.42 Å². The molecule has 0 aliphatic heterocycles. The van der Waals surface area contributed by atoms with Gasteiger partial charge in [-0.3, -0.25) is 9.78 Å². The van der Waals surface area contributed by atoms with Gasteiger partial charge in [-0.15, -0.1) is 0 Å². The Morgan fingerprint density at radius 2 is 1.95 bits per heavy atom. The van der Waals surface area contributed by atoms with E-state index < -0.39 is 17.6 Å². The number of Topliss-reactive ketones (excluding diaryl/α,β-unsaturated/α-hetero) is 1. The van der Waals surface area contributed by atoms with Gasteiger partial charge in [-0.05, 0) is 36.6 Å². The second-order valence-electron chi connectivity index (χ2n) is 4.66. The van der Waals surface area contributed by atoms with E-state index in [0.717, 1.165) is 35.9 Å². The van der Waals surface area contributed by atoms with Crippen molar-refractivity contribution in [2.24, 2.45) is 0 Å². The minimum atomic E-state index is -0.734. The number of ketones is 1. The van der Waals surface area contributed by atoms with Crippen LogP contribution in [0.25, 0.3) is 0 Å². The Morgan fingerprint density at radius 3 is 2.68 bits per heavy atom. The molecule has 1 aromatic heterocycles. The fourth-order valence-corrected chi connectivity index (χ4v) is 2.57. The van der Waals surface area contributed by atoms with Crippen molar-refractivity contribution in [2.75, 3.05) is 0 Å². The van der Waals surface area contributed by atoms with E-state index in [1.165, 1.54) is 0 Å². The van der Waals surface area contributed by atoms with Gasteiger partial charge in [-0.25, -0.2) is 8.78 Å². The maximum atomic E-state index is 13.2. The molecule has 1 aliphatic carbocycles. The minimum absolute atomic E-state index is 0.0704. The summed E-state index contributed by atoms with van der Waals surface area (Å²) >= 11 is 0. The van der Waals surface area contributed by atoms with Crippen molar-refractivity contribution in [1.82, 2.24) is 4.98 Å². The molecule has 1 heterocycles. The monoisotopic (exact) mass is 259 g/mol. The minimum Gasteiger partial charge on any atom is -0.293 e. The van der Waals surface area contributed by atoms with Gasteiger partial charge in [-0.2, -0.15) is 0 Å². The van der Waals surface area contributed by atoms with Gasteiger partial charge in [0, 0.05) is 17.8 Å². The molecule has 96 valence electrons. The van der Waals surface area contributed by atoms with Crippen LogP contribution in [0, 0.1) is 11.6 Å². The van der Waals surface area contributed by atoms with Crippen LogP contribution in [0.1, 0.15) is 34.0 Å². The van der Waals surface area contributed by atoms with Crippen molar-refractivity contribution in [2.45, 2.75) is 18.8 Å². The predicted octanol–water partition coefficient (Wildman–Crippen LogP) is 3.27. The zero-order chi connectivity index (χ0) is 13.4. The fourth-order valence-electron chi connectivity index (χ4n) is 2.57. The molecule has 1 aromatic carbocycles. The second-order valence-corrected chi connectivity index (χ2v) is 4.66. The standard InChI is InChI=1S/C15H11F2NO/c16-11-6-10(7-12(17)8-11)15(19)13-4-3-9-2-1-5-18-14(9)13/h1-2,5-8,13H,3-4H2. The van der Waals surface area contributed by atoms with Crippen LogP contribution in [0.5, 0.6) is 0 Å². The van der Waals surface area contributed by atoms with Crippen molar-refractivity contribution < 1.29 is 13.6 Å². The molecule has 0 N–H and O–H groups in total. The van der Waals surface area contributed by atoms with E-state index in [0.29, 0.717) is 6.42 Å². The van der Waals surface area contributed by atoms with Crippen molar-refractivity contribution in [1.29, 1.82) is 0 Å². The van der Waals surface area contributed by atoms with E-state index in [4.69, 9.17) is 0 Å². The average molecular weight is 259 g/mol. The Bertz CT molecular complexity index is 634. The molecule has 0 saturated heterocycles. The third kappa shape index (κ3) is 2.14. The van der Waals surface area contributed by atoms with Gasteiger partial charge in [-0.1, -0.05) is 6.07 Å². The summed E-state index contributed by atoms with van der Waals surface area (Å²) in [5.41, 5.74) is 1.84. The molecule has 0 fully saturated rings. The maximum Gasteiger partial charge on any atom is 0.172 e. The molecule has 0 spiro atoms. The predicted molar refractivity (Wildman–Crippen MR) is 66.0 cm³/mol. The molecule has 2 aromatic rings. The summed E-state index contributed by atoms with van der Waals surface area (Å²) in [5, 5.41) is 0. The molecule has 0 bridgehead atoms. The number of halogens is 2. The topological polar surface area (TPSA) is 30.0 Å². The highest BCUT2D eigenvalue weighted by Crippen LogP contribution is 2.33. The summed E-state index contributed by atoms with van der Waals surface area (Å²) < 4.78 is 26.3. The SMILES string of the molecule is O=C(c1cc(F)cc(F)c1)C1CCc2cccnc21. The molecule has 2 nitrogen and oxygen atoms in total. The fraction of sp³-hybridized carbons (Fsp3) is 0.200. The highest BCUT2D eigenvalue weighted by Gasteiger charge is 2.30. The maximum absolute atomic E-state index is 13.2. The van der Waals surface area contributed by atoms with Crippen LogP contribution in [0.4, 0.5) is 8.78 Å². The molecule has 3 rings (SSSR count). The molecule has 1 atom stereocenters. The second kappa shape index (κ2) is 4.53. The van der Waals surface area contributed by atoms with Gasteiger partial charge in [0.2, 0.25) is 0 Å². The number of pyridine rings is 1. The lowest BCUT2D eigenvalue weighted by Crippen LogP contribution is -2.12. The highest BCUT2D eigenvalue weighted by atomic mass is 19.1. The first-order chi connectivity index (χ1) is 9.15. The smallest absolute Gasteiger partial charge is 0.172 e. The molecule has 1 aliphatic rings. The number of carbonyl (C=O) groups is 1. The summed E-state index contributed by atoms with van der Waals surface area (Å²) in [6, 6.07) is 6.67. The molecule has 0 amide bonds. The summed E-state index contributed by atoms with van der Waals surface area (Å²) in [6.07, 6.45) is 3.05. The molecule has 0 radical (unpaired) electrons. The highest BCUT2D eigenvalue weighted by molar-refractivity contribution is 6.01. The van der Waals surface area contributed by atoms with Gasteiger partial charge in [0.05, 0.1) is 11.6 Å². The van der Waals surface area contributed by atoms with Crippen molar-refractivity contribution in [3.05, 3.63) is 65.0 Å². The normalized spacial score (nSPS) is 17.3. The van der Waals surface area contributed by atoms with Gasteiger partial charge in [0.15, 0.2) is 5.78 Å². The van der Waals surface area contributed by atoms with E-state index >= 15 is 0 Å². The quantitative estimate of drug-likeness (QED) is 0.775. The Morgan fingerprint density at radius 1 is 1.21 bits per heavy atom. The molecule has 0 saturated carbocycles. The molecule has 4 heteroatoms. The molecule has 1 unspecified atom stereocenters. The number of aromatic nitrogens is 1. The van der Waals surface area contributed by atoms with Gasteiger partial charge < -0.3 is 0 Å². The zero-order valence-electron chi connectivity index (χ0n) is 10.1. The Kier molecular flexibility index (Phi) is 2.85. The number of hydrogen-bond donors (Lipinski definition) is 0. The van der Waals surface area contributed by atoms with Crippen molar-refractivity contribution in [3.63, 3.8) is 0 Å². The van der Waals surface area contributed by atoms with Gasteiger partial charge in [0.25, 0.3) is 0 Å². The van der Waals surface area contributed by atoms with Crippen LogP contribution in [0.2, 0.25) is 0 Å². The van der Waals surface area contributed by atoms with Gasteiger partial charge in [0.1, 0.15) is 11.6 Å². The Hall–Kier alpha value is -2.10. The van der Waals surface area contributed by atoms with E-state index in [2.05, 4.69) is 4.98 Å². The Labute approximate surface area is 109 Å². The summed E-state index contributed by atoms with van der Waals surface area (Å²) in [6.45, 7) is 0. The lowest BCUT2D eigenvalue weighted by molar-refractivity contribution is 0.0957. The first kappa shape index (κ1) is 12.0. The third-order valence-electron chi connectivity index (χ3n) is 3.42. The van der Waals surface area contributed by atoms with Crippen LogP contribution >= 0.6 is 0 Å². The van der Waals surface area contributed by atoms with E-state index in [-0.39, 0.29) is 11.3 Å². The van der Waals surface area contributed by atoms with Crippen LogP contribution in [-0.4, -0.2) is 10.8 Å². The summed E-state index contributed by atoms with van der Waals surface area (Å²) in [5.74, 6) is -2.13. The van der Waals surface area contributed by atoms with Gasteiger partial charge >= 0.3 is 0 Å². The summed E-state index contributed by atoms with van der Waals surface area (Å²) in [4.78, 5) is 16.6. The van der Waals surface area contributed by atoms with E-state index in [1.54, 1.807) is 6.20 Å². The van der Waals surface area contributed by atoms with Crippen molar-refractivity contribution in [3.8, 4) is 0 Å². The number of nitrogens with zero attached hydrogens (tertiary/aromatic N) is 1. The van der Waals surface area contributed by atoms with E-state index in [1.807, 2.05) is 12.1 Å². The average Bonchev–Trinajstić information content (AvgIpc) is 2.80. The molecular formula is C15H11F2NO. The lowest BCUT2D eigenvalue weighted by Gasteiger charge is -2.09. The number of carbonyl (C=O) groups excluding carboxylic acids is 1. The third-order valence-corrected chi connectivity index (χ3v) is 3.42.